The topological polar surface area (TPSA) is 26.0 Å². The number of nitrogens with two attached hydrogens (primary N) is 1. The molecule has 0 unspecified atom stereocenters. The Bertz CT molecular complexity index is 335. The van der Waals surface area contributed by atoms with E-state index in [0.29, 0.717) is 18.4 Å². The zero-order valence-corrected chi connectivity index (χ0v) is 8.60. The molecule has 0 saturated carbocycles. The highest BCUT2D eigenvalue weighted by atomic mass is 19.4. The Labute approximate surface area is 91.3 Å². The first-order valence-electron chi connectivity index (χ1n) is 4.96. The summed E-state index contributed by atoms with van der Waals surface area (Å²) in [7, 11) is 0. The number of benzene rings is 1. The van der Waals surface area contributed by atoms with Crippen LogP contribution in [-0.2, 0) is 6.42 Å². The standard InChI is InChI=1S/C11H13F4N/c12-9-5-1-3-8(7-9)4-2-6-10(16)11(13,14)15/h1,3,5,7,10H,2,4,6,16H2/t10-/m0/s1. The first-order chi connectivity index (χ1) is 7.39. The Balaban J connectivity index is 2.36. The lowest BCUT2D eigenvalue weighted by Gasteiger charge is -2.14. The second-order valence-corrected chi connectivity index (χ2v) is 3.67. The van der Waals surface area contributed by atoms with E-state index in [1.165, 1.54) is 18.2 Å². The van der Waals surface area contributed by atoms with E-state index < -0.39 is 12.2 Å². The average molecular weight is 235 g/mol. The summed E-state index contributed by atoms with van der Waals surface area (Å²) in [6.45, 7) is 0. The van der Waals surface area contributed by atoms with E-state index in [9.17, 15) is 17.6 Å². The molecule has 0 aliphatic rings. The number of hydrogen-bond donors (Lipinski definition) is 1. The minimum absolute atomic E-state index is 0.139. The largest absolute Gasteiger partial charge is 0.403 e. The van der Waals surface area contributed by atoms with E-state index in [1.54, 1.807) is 6.07 Å². The molecule has 90 valence electrons. The van der Waals surface area contributed by atoms with Gasteiger partial charge in [0.25, 0.3) is 0 Å². The molecule has 0 radical (unpaired) electrons. The molecule has 1 nitrogen and oxygen atoms in total. The zero-order valence-electron chi connectivity index (χ0n) is 8.60. The monoisotopic (exact) mass is 235 g/mol. The molecular weight excluding hydrogens is 222 g/mol. The van der Waals surface area contributed by atoms with Crippen LogP contribution in [0.4, 0.5) is 17.6 Å². The maximum Gasteiger partial charge on any atom is 0.403 e. The highest BCUT2D eigenvalue weighted by Gasteiger charge is 2.35. The van der Waals surface area contributed by atoms with Crippen molar-refractivity contribution in [3.05, 3.63) is 35.6 Å². The van der Waals surface area contributed by atoms with Crippen molar-refractivity contribution >= 4 is 0 Å². The molecule has 0 aliphatic heterocycles. The highest BCUT2D eigenvalue weighted by molar-refractivity contribution is 5.16. The second kappa shape index (κ2) is 5.30. The van der Waals surface area contributed by atoms with Crippen molar-refractivity contribution in [3.8, 4) is 0 Å². The van der Waals surface area contributed by atoms with Gasteiger partial charge in [-0.1, -0.05) is 12.1 Å². The molecule has 0 fully saturated rings. The van der Waals surface area contributed by atoms with Crippen molar-refractivity contribution in [1.82, 2.24) is 0 Å². The smallest absolute Gasteiger partial charge is 0.320 e. The normalized spacial score (nSPS) is 13.8. The predicted molar refractivity (Wildman–Crippen MR) is 53.4 cm³/mol. The van der Waals surface area contributed by atoms with E-state index in [0.717, 1.165) is 0 Å². The number of alkyl halides is 3. The minimum atomic E-state index is -4.35. The molecule has 1 aromatic carbocycles. The first-order valence-corrected chi connectivity index (χ1v) is 4.96. The van der Waals surface area contributed by atoms with Crippen molar-refractivity contribution in [1.29, 1.82) is 0 Å². The van der Waals surface area contributed by atoms with Crippen LogP contribution in [0.5, 0.6) is 0 Å². The van der Waals surface area contributed by atoms with Crippen LogP contribution in [0.25, 0.3) is 0 Å². The molecule has 16 heavy (non-hydrogen) atoms. The number of rotatable bonds is 4. The maximum absolute atomic E-state index is 12.7. The van der Waals surface area contributed by atoms with Gasteiger partial charge in [0.15, 0.2) is 0 Å². The molecular formula is C11H13F4N. The van der Waals surface area contributed by atoms with Crippen molar-refractivity contribution in [3.63, 3.8) is 0 Å². The number of halogens is 4. The van der Waals surface area contributed by atoms with Crippen LogP contribution >= 0.6 is 0 Å². The van der Waals surface area contributed by atoms with Gasteiger partial charge in [0.1, 0.15) is 11.9 Å². The lowest BCUT2D eigenvalue weighted by molar-refractivity contribution is -0.149. The van der Waals surface area contributed by atoms with Crippen molar-refractivity contribution in [2.75, 3.05) is 0 Å². The summed E-state index contributed by atoms with van der Waals surface area (Å²) < 4.78 is 48.9. The summed E-state index contributed by atoms with van der Waals surface area (Å²) in [5.74, 6) is -0.377. The summed E-state index contributed by atoms with van der Waals surface area (Å²) in [6.07, 6.45) is -3.78. The molecule has 0 aromatic heterocycles. The summed E-state index contributed by atoms with van der Waals surface area (Å²) in [5.41, 5.74) is 5.63. The SMILES string of the molecule is N[C@@H](CCCc1cccc(F)c1)C(F)(F)F. The summed E-state index contributed by atoms with van der Waals surface area (Å²) in [4.78, 5) is 0. The van der Waals surface area contributed by atoms with Gasteiger partial charge < -0.3 is 5.73 Å². The maximum atomic E-state index is 12.7. The Hall–Kier alpha value is -1.10. The predicted octanol–water partition coefficient (Wildman–Crippen LogP) is 3.04. The van der Waals surface area contributed by atoms with E-state index in [1.807, 2.05) is 0 Å². The van der Waals surface area contributed by atoms with Crippen molar-refractivity contribution in [2.24, 2.45) is 5.73 Å². The Morgan fingerprint density at radius 3 is 2.50 bits per heavy atom. The van der Waals surface area contributed by atoms with E-state index in [2.05, 4.69) is 0 Å². The highest BCUT2D eigenvalue weighted by Crippen LogP contribution is 2.22. The fourth-order valence-electron chi connectivity index (χ4n) is 1.38. The molecule has 0 amide bonds. The molecule has 1 atom stereocenters. The lowest BCUT2D eigenvalue weighted by atomic mass is 10.0. The molecule has 0 spiro atoms. The fraction of sp³-hybridized carbons (Fsp3) is 0.455. The van der Waals surface area contributed by atoms with Gasteiger partial charge in [-0.05, 0) is 37.0 Å². The Kier molecular flexibility index (Phi) is 4.29. The molecule has 5 heteroatoms. The summed E-state index contributed by atoms with van der Waals surface area (Å²) >= 11 is 0. The van der Waals surface area contributed by atoms with Crippen LogP contribution in [0, 0.1) is 5.82 Å². The summed E-state index contributed by atoms with van der Waals surface area (Å²) in [6, 6.07) is 4.04. The second-order valence-electron chi connectivity index (χ2n) is 3.67. The third kappa shape index (κ3) is 4.18. The molecule has 0 saturated heterocycles. The molecule has 1 rings (SSSR count). The van der Waals surface area contributed by atoms with Gasteiger partial charge in [0.2, 0.25) is 0 Å². The third-order valence-corrected chi connectivity index (χ3v) is 2.29. The van der Waals surface area contributed by atoms with Gasteiger partial charge in [0.05, 0.1) is 0 Å². The number of aryl methyl sites for hydroxylation is 1. The minimum Gasteiger partial charge on any atom is -0.320 e. The van der Waals surface area contributed by atoms with E-state index in [-0.39, 0.29) is 12.2 Å². The van der Waals surface area contributed by atoms with Crippen LogP contribution in [-0.4, -0.2) is 12.2 Å². The van der Waals surface area contributed by atoms with Crippen LogP contribution in [0.2, 0.25) is 0 Å². The van der Waals surface area contributed by atoms with E-state index in [4.69, 9.17) is 5.73 Å². The van der Waals surface area contributed by atoms with Crippen molar-refractivity contribution < 1.29 is 17.6 Å². The van der Waals surface area contributed by atoms with Gasteiger partial charge in [-0.15, -0.1) is 0 Å². The Morgan fingerprint density at radius 1 is 1.25 bits per heavy atom. The van der Waals surface area contributed by atoms with Crippen LogP contribution < -0.4 is 5.73 Å². The lowest BCUT2D eigenvalue weighted by Crippen LogP contribution is -2.37. The molecule has 0 aliphatic carbocycles. The molecule has 1 aromatic rings. The molecule has 2 N–H and O–H groups in total. The van der Waals surface area contributed by atoms with Crippen LogP contribution in [0.15, 0.2) is 24.3 Å². The van der Waals surface area contributed by atoms with Gasteiger partial charge in [-0.25, -0.2) is 4.39 Å². The third-order valence-electron chi connectivity index (χ3n) is 2.29. The Morgan fingerprint density at radius 2 is 1.94 bits per heavy atom. The first kappa shape index (κ1) is 13.0. The van der Waals surface area contributed by atoms with Crippen LogP contribution in [0.3, 0.4) is 0 Å². The van der Waals surface area contributed by atoms with Gasteiger partial charge in [-0.3, -0.25) is 0 Å². The fourth-order valence-corrected chi connectivity index (χ4v) is 1.38. The van der Waals surface area contributed by atoms with Gasteiger partial charge in [0, 0.05) is 0 Å². The quantitative estimate of drug-likeness (QED) is 0.797. The van der Waals surface area contributed by atoms with Crippen molar-refractivity contribution in [2.45, 2.75) is 31.5 Å². The zero-order chi connectivity index (χ0) is 12.2. The number of hydrogen-bond acceptors (Lipinski definition) is 1. The van der Waals surface area contributed by atoms with Crippen LogP contribution in [0.1, 0.15) is 18.4 Å². The molecule has 0 bridgehead atoms. The molecule has 0 heterocycles. The van der Waals surface area contributed by atoms with Gasteiger partial charge >= 0.3 is 6.18 Å². The van der Waals surface area contributed by atoms with Gasteiger partial charge in [-0.2, -0.15) is 13.2 Å². The van der Waals surface area contributed by atoms with E-state index >= 15 is 0 Å². The average Bonchev–Trinajstić information content (AvgIpc) is 2.16. The summed E-state index contributed by atoms with van der Waals surface area (Å²) in [5, 5.41) is 0.